The maximum Gasteiger partial charge on any atom is 0.342 e. The number of nitriles is 1. The van der Waals surface area contributed by atoms with Crippen molar-refractivity contribution in [2.75, 3.05) is 66.1 Å². The van der Waals surface area contributed by atoms with Crippen LogP contribution in [0.4, 0.5) is 5.69 Å². The van der Waals surface area contributed by atoms with E-state index in [-0.39, 0.29) is 68.7 Å². The number of nitrogens with one attached hydrogen (secondary N) is 1. The van der Waals surface area contributed by atoms with E-state index < -0.39 is 40.0 Å². The van der Waals surface area contributed by atoms with Gasteiger partial charge in [-0.05, 0) is 73.4 Å². The standard InChI is InChI=1S/C45H55N5O7.Ac/c1-7-28-20-27-23-43(26-57-56-6,37-30(14-18-50(25-27)35(28)24-46)29-12-9-10-13-33(29)47-37)32-21-31-34(22-36(32)54-4)48(3)39-44(31)16-19-49-17-11-15-42(8-2,38(44)49)40(51)45(39,53)41(52)55-5;/h9-13,15,20-22,27,35,38-40,47,51,53H,7-8,14,16-19,23,25-26H2,1-6H3;/t27-,35?,38?,39?,40?,42-,43+,44-,45?;/m1./s1. The maximum atomic E-state index is 14.1. The fourth-order valence-corrected chi connectivity index (χ4v) is 13.0. The van der Waals surface area contributed by atoms with Gasteiger partial charge in [0.1, 0.15) is 17.9 Å². The molecule has 6 unspecified atom stereocenters. The van der Waals surface area contributed by atoms with Gasteiger partial charge in [-0.3, -0.25) is 9.80 Å². The molecule has 3 aromatic rings. The van der Waals surface area contributed by atoms with Crippen molar-refractivity contribution < 1.29 is 78.3 Å². The molecular weight excluding hydrogens is 950 g/mol. The van der Waals surface area contributed by atoms with Gasteiger partial charge in [0.2, 0.25) is 5.60 Å². The van der Waals surface area contributed by atoms with Crippen molar-refractivity contribution in [2.45, 2.75) is 86.6 Å². The number of hydrogen-bond donors (Lipinski definition) is 3. The van der Waals surface area contributed by atoms with Gasteiger partial charge in [0.15, 0.2) is 0 Å². The molecule has 13 heteroatoms. The van der Waals surface area contributed by atoms with E-state index in [1.54, 1.807) is 7.11 Å². The topological polar surface area (TPSA) is 144 Å². The van der Waals surface area contributed by atoms with E-state index in [0.29, 0.717) is 44.5 Å². The van der Waals surface area contributed by atoms with E-state index >= 15 is 0 Å². The summed E-state index contributed by atoms with van der Waals surface area (Å²) in [5.41, 5.74) is 2.29. The molecule has 1 saturated heterocycles. The van der Waals surface area contributed by atoms with Crippen molar-refractivity contribution in [3.05, 3.63) is 82.6 Å². The monoisotopic (exact) mass is 1000 g/mol. The van der Waals surface area contributed by atoms with Gasteiger partial charge >= 0.3 is 5.97 Å². The molecule has 12 nitrogen and oxygen atoms in total. The summed E-state index contributed by atoms with van der Waals surface area (Å²) in [6.45, 7) is 7.21. The largest absolute Gasteiger partial charge is 0.496 e. The first-order chi connectivity index (χ1) is 27.5. The first-order valence-corrected chi connectivity index (χ1v) is 20.5. The molecule has 305 valence electrons. The normalized spacial score (nSPS) is 35.9. The van der Waals surface area contributed by atoms with Crippen LogP contribution < -0.4 is 9.64 Å². The Morgan fingerprint density at radius 1 is 1.09 bits per heavy atom. The van der Waals surface area contributed by atoms with Crippen LogP contribution in [0.2, 0.25) is 0 Å². The molecule has 5 aliphatic heterocycles. The van der Waals surface area contributed by atoms with E-state index in [2.05, 4.69) is 76.3 Å². The molecule has 6 aliphatic rings. The van der Waals surface area contributed by atoms with Gasteiger partial charge in [-0.25, -0.2) is 14.6 Å². The first-order valence-electron chi connectivity index (χ1n) is 20.5. The molecule has 0 amide bonds. The maximum absolute atomic E-state index is 14.1. The van der Waals surface area contributed by atoms with Crippen molar-refractivity contribution in [3.63, 3.8) is 0 Å². The van der Waals surface area contributed by atoms with Crippen LogP contribution in [0.3, 0.4) is 0 Å². The molecule has 2 aromatic carbocycles. The second-order valence-corrected chi connectivity index (χ2v) is 17.2. The van der Waals surface area contributed by atoms with Crippen LogP contribution >= 0.6 is 0 Å². The van der Waals surface area contributed by atoms with Crippen LogP contribution in [0.25, 0.3) is 10.9 Å². The predicted octanol–water partition coefficient (Wildman–Crippen LogP) is 4.52. The minimum Gasteiger partial charge on any atom is -0.496 e. The number of aromatic amines is 1. The summed E-state index contributed by atoms with van der Waals surface area (Å²) >= 11 is 0. The number of esters is 1. The van der Waals surface area contributed by atoms with Gasteiger partial charge in [0, 0.05) is 122 Å². The summed E-state index contributed by atoms with van der Waals surface area (Å²) in [6, 6.07) is 14.0. The van der Waals surface area contributed by atoms with E-state index in [1.165, 1.54) is 19.8 Å². The number of aliphatic hydroxyl groups excluding tert-OH is 1. The number of anilines is 1. The van der Waals surface area contributed by atoms with Gasteiger partial charge in [-0.1, -0.05) is 50.3 Å². The van der Waals surface area contributed by atoms with Crippen molar-refractivity contribution in [1.29, 1.82) is 5.26 Å². The SMILES string of the molecule is CCC1=C[C@H]2CN(CCc3c([nH]c4ccccc34)[C@@](COOC)(c3cc4c(cc3OC)N(C)C3C(O)(C(=O)OC)C(O)[C@]5(CC)C=CCN6CC[C@]43C65)C2)C1C#N.[Ac]. The fraction of sp³-hybridized carbons (Fsp3) is 0.556. The minimum absolute atomic E-state index is 0. The molecule has 2 fully saturated rings. The Morgan fingerprint density at radius 2 is 1.88 bits per heavy atom. The number of ether oxygens (including phenoxy) is 2. The number of carbonyl (C=O) groups is 1. The molecule has 1 aromatic heterocycles. The third-order valence-electron chi connectivity index (χ3n) is 15.1. The Morgan fingerprint density at radius 3 is 2.59 bits per heavy atom. The van der Waals surface area contributed by atoms with Crippen LogP contribution in [0.1, 0.15) is 61.9 Å². The molecule has 2 bridgehead atoms. The van der Waals surface area contributed by atoms with Crippen LogP contribution in [0.15, 0.2) is 60.2 Å². The Hall–Kier alpha value is -2.78. The van der Waals surface area contributed by atoms with Crippen LogP contribution in [0, 0.1) is 66.7 Å². The zero-order valence-corrected chi connectivity index (χ0v) is 39.2. The third kappa shape index (κ3) is 5.45. The first kappa shape index (κ1) is 41.9. The predicted molar refractivity (Wildman–Crippen MR) is 215 cm³/mol. The molecule has 1 spiro atoms. The van der Waals surface area contributed by atoms with E-state index in [4.69, 9.17) is 19.2 Å². The second kappa shape index (κ2) is 15.3. The number of aliphatic hydroxyl groups is 2. The van der Waals surface area contributed by atoms with Gasteiger partial charge in [0.05, 0.1) is 45.5 Å². The fourth-order valence-electron chi connectivity index (χ4n) is 13.0. The van der Waals surface area contributed by atoms with Crippen molar-refractivity contribution in [1.82, 2.24) is 14.8 Å². The summed E-state index contributed by atoms with van der Waals surface area (Å²) in [5, 5.41) is 37.0. The van der Waals surface area contributed by atoms with Crippen molar-refractivity contribution in [2.24, 2.45) is 11.3 Å². The summed E-state index contributed by atoms with van der Waals surface area (Å²) in [4.78, 5) is 36.4. The van der Waals surface area contributed by atoms with Gasteiger partial charge in [-0.15, -0.1) is 0 Å². The molecular formula is C45H55AcN5O7. The van der Waals surface area contributed by atoms with Crippen LogP contribution in [0.5, 0.6) is 5.75 Å². The molecule has 1 aliphatic carbocycles. The van der Waals surface area contributed by atoms with E-state index in [1.807, 2.05) is 24.9 Å². The van der Waals surface area contributed by atoms with E-state index in [0.717, 1.165) is 58.5 Å². The Bertz CT molecular complexity index is 2220. The van der Waals surface area contributed by atoms with Gasteiger partial charge in [-0.2, -0.15) is 5.26 Å². The molecule has 1 radical (unpaired) electrons. The molecule has 10 atom stereocenters. The summed E-state index contributed by atoms with van der Waals surface area (Å²) in [5.74, 6) is -0.139. The average Bonchev–Trinajstić information content (AvgIpc) is 3.90. The number of H-pyrrole nitrogens is 1. The van der Waals surface area contributed by atoms with E-state index in [9.17, 15) is 20.3 Å². The zero-order valence-electron chi connectivity index (χ0n) is 34.5. The van der Waals surface area contributed by atoms with Gasteiger partial charge in [0.25, 0.3) is 0 Å². The molecule has 58 heavy (non-hydrogen) atoms. The number of hydrogen-bond acceptors (Lipinski definition) is 11. The molecule has 6 heterocycles. The number of aromatic nitrogens is 1. The number of fused-ring (bicyclic) bond motifs is 6. The summed E-state index contributed by atoms with van der Waals surface area (Å²) < 4.78 is 11.8. The van der Waals surface area contributed by atoms with Crippen LogP contribution in [-0.2, 0) is 36.6 Å². The number of likely N-dealkylation sites (N-methyl/N-ethyl adjacent to an activating group) is 1. The Labute approximate surface area is 376 Å². The Balaban J connectivity index is 0.00000469. The number of para-hydroxylation sites is 1. The second-order valence-electron chi connectivity index (χ2n) is 17.2. The molecule has 1 saturated carbocycles. The molecule has 3 N–H and O–H groups in total. The zero-order chi connectivity index (χ0) is 40.1. The van der Waals surface area contributed by atoms with Crippen molar-refractivity contribution >= 4 is 22.6 Å². The minimum atomic E-state index is -2.25. The number of benzene rings is 2. The number of nitrogens with zero attached hydrogens (tertiary/aromatic N) is 4. The number of carbonyl (C=O) groups excluding carboxylic acids is 1. The van der Waals surface area contributed by atoms with Crippen LogP contribution in [-0.4, -0.2) is 122 Å². The molecule has 9 rings (SSSR count). The summed E-state index contributed by atoms with van der Waals surface area (Å²) in [7, 11) is 6.42. The number of methoxy groups -OCH3 is 2. The quantitative estimate of drug-likeness (QED) is 0.127. The Kier molecular flexibility index (Phi) is 11.1. The average molecular weight is 1000 g/mol. The number of rotatable bonds is 8. The third-order valence-corrected chi connectivity index (χ3v) is 15.1. The smallest absolute Gasteiger partial charge is 0.342 e. The van der Waals surface area contributed by atoms with Gasteiger partial charge < -0.3 is 29.6 Å². The summed E-state index contributed by atoms with van der Waals surface area (Å²) in [6.07, 6.45) is 8.32. The van der Waals surface area contributed by atoms with Crippen molar-refractivity contribution in [3.8, 4) is 11.8 Å².